The Balaban J connectivity index is 1.64. The SMILES string of the molecule is COc1ccc(COC(=O)[C@@H]2CS[C@]3(C)CCC(=O)N23)cc1Br. The molecule has 0 unspecified atom stereocenters. The average molecular weight is 400 g/mol. The Morgan fingerprint density at radius 2 is 2.30 bits per heavy atom. The first kappa shape index (κ1) is 16.6. The van der Waals surface area contributed by atoms with E-state index in [1.54, 1.807) is 23.8 Å². The highest BCUT2D eigenvalue weighted by Crippen LogP contribution is 2.47. The van der Waals surface area contributed by atoms with E-state index in [0.717, 1.165) is 22.2 Å². The van der Waals surface area contributed by atoms with Gasteiger partial charge in [0.05, 0.1) is 16.5 Å². The second-order valence-electron chi connectivity index (χ2n) is 5.84. The van der Waals surface area contributed by atoms with E-state index in [1.165, 1.54) is 0 Å². The van der Waals surface area contributed by atoms with Gasteiger partial charge in [0.15, 0.2) is 0 Å². The number of esters is 1. The van der Waals surface area contributed by atoms with Crippen LogP contribution in [-0.2, 0) is 20.9 Å². The molecule has 0 spiro atoms. The molecule has 0 radical (unpaired) electrons. The van der Waals surface area contributed by atoms with Crippen molar-refractivity contribution in [3.05, 3.63) is 28.2 Å². The Morgan fingerprint density at radius 1 is 1.52 bits per heavy atom. The fourth-order valence-corrected chi connectivity index (χ4v) is 5.05. The minimum atomic E-state index is -0.471. The van der Waals surface area contributed by atoms with E-state index >= 15 is 0 Å². The minimum absolute atomic E-state index is 0.0478. The van der Waals surface area contributed by atoms with Gasteiger partial charge in [-0.05, 0) is 47.0 Å². The number of benzene rings is 1. The molecule has 124 valence electrons. The Bertz CT molecular complexity index is 653. The highest BCUT2D eigenvalue weighted by atomic mass is 79.9. The van der Waals surface area contributed by atoms with Crippen molar-refractivity contribution in [2.24, 2.45) is 0 Å². The number of rotatable bonds is 4. The lowest BCUT2D eigenvalue weighted by Gasteiger charge is -2.29. The summed E-state index contributed by atoms with van der Waals surface area (Å²) in [6.45, 7) is 2.21. The van der Waals surface area contributed by atoms with Crippen LogP contribution in [0.2, 0.25) is 0 Å². The number of carbonyl (C=O) groups is 2. The number of ether oxygens (including phenoxy) is 2. The molecule has 3 rings (SSSR count). The number of amides is 1. The summed E-state index contributed by atoms with van der Waals surface area (Å²) in [5.41, 5.74) is 0.868. The molecule has 0 bridgehead atoms. The van der Waals surface area contributed by atoms with Crippen LogP contribution in [0, 0.1) is 0 Å². The summed E-state index contributed by atoms with van der Waals surface area (Å²) in [6, 6.07) is 5.06. The van der Waals surface area contributed by atoms with Gasteiger partial charge in [0.2, 0.25) is 5.91 Å². The van der Waals surface area contributed by atoms with Crippen LogP contribution in [0.5, 0.6) is 5.75 Å². The lowest BCUT2D eigenvalue weighted by atomic mass is 10.2. The predicted octanol–water partition coefficient (Wildman–Crippen LogP) is 2.95. The first-order valence-electron chi connectivity index (χ1n) is 7.40. The number of thioether (sulfide) groups is 1. The van der Waals surface area contributed by atoms with E-state index in [0.29, 0.717) is 12.2 Å². The van der Waals surface area contributed by atoms with E-state index in [1.807, 2.05) is 25.1 Å². The van der Waals surface area contributed by atoms with Gasteiger partial charge in [0.25, 0.3) is 0 Å². The van der Waals surface area contributed by atoms with Crippen LogP contribution in [0.3, 0.4) is 0 Å². The largest absolute Gasteiger partial charge is 0.496 e. The molecule has 2 aliphatic heterocycles. The molecule has 23 heavy (non-hydrogen) atoms. The van der Waals surface area contributed by atoms with Gasteiger partial charge in [-0.1, -0.05) is 6.07 Å². The van der Waals surface area contributed by atoms with Gasteiger partial charge < -0.3 is 14.4 Å². The summed E-state index contributed by atoms with van der Waals surface area (Å²) in [7, 11) is 1.60. The maximum atomic E-state index is 12.4. The summed E-state index contributed by atoms with van der Waals surface area (Å²) in [4.78, 5) is 25.9. The second-order valence-corrected chi connectivity index (χ2v) is 8.20. The molecule has 2 heterocycles. The Labute approximate surface area is 147 Å². The van der Waals surface area contributed by atoms with Gasteiger partial charge in [-0.25, -0.2) is 4.79 Å². The highest BCUT2D eigenvalue weighted by Gasteiger charge is 2.53. The van der Waals surface area contributed by atoms with E-state index in [2.05, 4.69) is 15.9 Å². The standard InChI is InChI=1S/C16H18BrNO4S/c1-16-6-5-14(19)18(16)12(9-23-16)15(20)22-8-10-3-4-13(21-2)11(17)7-10/h3-4,7,12H,5-6,8-9H2,1-2H3/t12-,16+/m0/s1. The summed E-state index contributed by atoms with van der Waals surface area (Å²) in [5.74, 6) is 1.05. The molecular weight excluding hydrogens is 382 g/mol. The van der Waals surface area contributed by atoms with E-state index in [4.69, 9.17) is 9.47 Å². The monoisotopic (exact) mass is 399 g/mol. The smallest absolute Gasteiger partial charge is 0.330 e. The van der Waals surface area contributed by atoms with Gasteiger partial charge in [0, 0.05) is 12.2 Å². The maximum Gasteiger partial charge on any atom is 0.330 e. The molecule has 7 heteroatoms. The minimum Gasteiger partial charge on any atom is -0.496 e. The normalized spacial score (nSPS) is 26.3. The van der Waals surface area contributed by atoms with Crippen LogP contribution >= 0.6 is 27.7 Å². The van der Waals surface area contributed by atoms with E-state index in [9.17, 15) is 9.59 Å². The van der Waals surface area contributed by atoms with Crippen molar-refractivity contribution in [3.8, 4) is 5.75 Å². The van der Waals surface area contributed by atoms with Crippen molar-refractivity contribution in [3.63, 3.8) is 0 Å². The van der Waals surface area contributed by atoms with Crippen molar-refractivity contribution >= 4 is 39.6 Å². The fourth-order valence-electron chi connectivity index (χ4n) is 3.05. The summed E-state index contributed by atoms with van der Waals surface area (Å²) in [5, 5.41) is 0. The van der Waals surface area contributed by atoms with Crippen LogP contribution in [-0.4, -0.2) is 40.6 Å². The van der Waals surface area contributed by atoms with Crippen molar-refractivity contribution in [1.29, 1.82) is 0 Å². The molecule has 0 aromatic heterocycles. The van der Waals surface area contributed by atoms with Crippen molar-refractivity contribution in [2.45, 2.75) is 37.3 Å². The third-order valence-corrected chi connectivity index (χ3v) is 6.44. The Kier molecular flexibility index (Phi) is 4.60. The number of hydrogen-bond acceptors (Lipinski definition) is 5. The molecule has 0 saturated carbocycles. The van der Waals surface area contributed by atoms with Gasteiger partial charge in [-0.2, -0.15) is 0 Å². The summed E-state index contributed by atoms with van der Waals surface area (Å²) >= 11 is 5.08. The van der Waals surface area contributed by atoms with Gasteiger partial charge in [-0.3, -0.25) is 4.79 Å². The molecule has 2 saturated heterocycles. The topological polar surface area (TPSA) is 55.8 Å². The summed E-state index contributed by atoms with van der Waals surface area (Å²) in [6.07, 6.45) is 1.31. The Hall–Kier alpha value is -1.21. The average Bonchev–Trinajstić information content (AvgIpc) is 3.02. The molecule has 1 aromatic carbocycles. The molecular formula is C16H18BrNO4S. The molecule has 5 nitrogen and oxygen atoms in total. The van der Waals surface area contributed by atoms with Crippen LogP contribution in [0.15, 0.2) is 22.7 Å². The van der Waals surface area contributed by atoms with Crippen molar-refractivity contribution in [2.75, 3.05) is 12.9 Å². The van der Waals surface area contributed by atoms with Gasteiger partial charge >= 0.3 is 5.97 Å². The zero-order valence-corrected chi connectivity index (χ0v) is 15.4. The van der Waals surface area contributed by atoms with E-state index in [-0.39, 0.29) is 23.4 Å². The maximum absolute atomic E-state index is 12.4. The number of carbonyl (C=O) groups excluding carboxylic acids is 2. The number of halogens is 1. The lowest BCUT2D eigenvalue weighted by Crippen LogP contribution is -2.46. The van der Waals surface area contributed by atoms with Crippen molar-refractivity contribution < 1.29 is 19.1 Å². The number of methoxy groups -OCH3 is 1. The highest BCUT2D eigenvalue weighted by molar-refractivity contribution is 9.10. The summed E-state index contributed by atoms with van der Waals surface area (Å²) < 4.78 is 11.4. The third-order valence-electron chi connectivity index (χ3n) is 4.31. The first-order valence-corrected chi connectivity index (χ1v) is 9.17. The number of nitrogens with zero attached hydrogens (tertiary/aromatic N) is 1. The number of fused-ring (bicyclic) bond motifs is 1. The zero-order chi connectivity index (χ0) is 16.6. The molecule has 2 fully saturated rings. The second kappa shape index (κ2) is 6.36. The van der Waals surface area contributed by atoms with E-state index < -0.39 is 6.04 Å². The van der Waals surface area contributed by atoms with Crippen LogP contribution in [0.4, 0.5) is 0 Å². The quantitative estimate of drug-likeness (QED) is 0.728. The van der Waals surface area contributed by atoms with Crippen molar-refractivity contribution in [1.82, 2.24) is 4.90 Å². The molecule has 0 aliphatic carbocycles. The molecule has 2 atom stereocenters. The molecule has 2 aliphatic rings. The molecule has 1 aromatic rings. The predicted molar refractivity (Wildman–Crippen MR) is 91.2 cm³/mol. The van der Waals surface area contributed by atoms with Gasteiger partial charge in [-0.15, -0.1) is 11.8 Å². The molecule has 1 amide bonds. The van der Waals surface area contributed by atoms with Crippen LogP contribution in [0.25, 0.3) is 0 Å². The lowest BCUT2D eigenvalue weighted by molar-refractivity contribution is -0.154. The van der Waals surface area contributed by atoms with Crippen LogP contribution in [0.1, 0.15) is 25.3 Å². The van der Waals surface area contributed by atoms with Crippen LogP contribution < -0.4 is 4.74 Å². The van der Waals surface area contributed by atoms with Gasteiger partial charge in [0.1, 0.15) is 18.4 Å². The third kappa shape index (κ3) is 3.08. The molecule has 0 N–H and O–H groups in total. The Morgan fingerprint density at radius 3 is 3.00 bits per heavy atom. The fraction of sp³-hybridized carbons (Fsp3) is 0.500. The first-order chi connectivity index (χ1) is 10.9. The number of hydrogen-bond donors (Lipinski definition) is 0. The zero-order valence-electron chi connectivity index (χ0n) is 13.0.